The van der Waals surface area contributed by atoms with Crippen molar-refractivity contribution < 1.29 is 8.78 Å². The number of hydrogen-bond acceptors (Lipinski definition) is 2. The zero-order chi connectivity index (χ0) is 9.68. The average Bonchev–Trinajstić information content (AvgIpc) is 2.48. The molecular weight excluding hydrogens is 176 g/mol. The van der Waals surface area contributed by atoms with E-state index < -0.39 is 6.43 Å². The van der Waals surface area contributed by atoms with Crippen LogP contribution in [0.25, 0.3) is 0 Å². The average molecular weight is 189 g/mol. The minimum absolute atomic E-state index is 0.271. The predicted molar refractivity (Wildman–Crippen MR) is 45.9 cm³/mol. The molecule has 5 heteroatoms. The highest BCUT2D eigenvalue weighted by Crippen LogP contribution is 2.01. The van der Waals surface area contributed by atoms with Crippen LogP contribution in [0.15, 0.2) is 12.5 Å². The number of halogens is 2. The van der Waals surface area contributed by atoms with E-state index in [2.05, 4.69) is 10.3 Å². The third kappa shape index (κ3) is 3.50. The van der Waals surface area contributed by atoms with E-state index in [0.29, 0.717) is 0 Å². The van der Waals surface area contributed by atoms with E-state index >= 15 is 0 Å². The van der Waals surface area contributed by atoms with Gasteiger partial charge < -0.3 is 9.88 Å². The lowest BCUT2D eigenvalue weighted by Gasteiger charge is -1.98. The van der Waals surface area contributed by atoms with Gasteiger partial charge in [0, 0.05) is 19.2 Å². The molecule has 1 aromatic heterocycles. The second kappa shape index (κ2) is 4.91. The van der Waals surface area contributed by atoms with Crippen molar-refractivity contribution in [3.8, 4) is 0 Å². The Hall–Kier alpha value is -0.970. The molecule has 0 aliphatic heterocycles. The van der Waals surface area contributed by atoms with Crippen molar-refractivity contribution >= 4 is 0 Å². The van der Waals surface area contributed by atoms with Gasteiger partial charge in [-0.25, -0.2) is 13.8 Å². The van der Waals surface area contributed by atoms with Crippen LogP contribution in [-0.2, 0) is 13.0 Å². The van der Waals surface area contributed by atoms with Crippen LogP contribution in [0.5, 0.6) is 0 Å². The highest BCUT2D eigenvalue weighted by Gasteiger charge is 2.04. The van der Waals surface area contributed by atoms with E-state index in [9.17, 15) is 8.78 Å². The summed E-state index contributed by atoms with van der Waals surface area (Å²) < 4.78 is 25.3. The molecule has 74 valence electrons. The summed E-state index contributed by atoms with van der Waals surface area (Å²) >= 11 is 0. The first kappa shape index (κ1) is 10.1. The standard InChI is InChI=1S/C8H13F2N3/c1-11-3-2-7-4-13(6-12-7)5-8(9)10/h4,6,8,11H,2-3,5H2,1H3. The molecule has 1 heterocycles. The van der Waals surface area contributed by atoms with E-state index in [0.717, 1.165) is 18.7 Å². The molecule has 0 radical (unpaired) electrons. The van der Waals surface area contributed by atoms with Crippen LogP contribution in [0.1, 0.15) is 5.69 Å². The molecule has 1 aromatic rings. The van der Waals surface area contributed by atoms with Gasteiger partial charge in [0.2, 0.25) is 0 Å². The number of hydrogen-bond donors (Lipinski definition) is 1. The minimum atomic E-state index is -2.31. The molecule has 1 rings (SSSR count). The van der Waals surface area contributed by atoms with E-state index in [-0.39, 0.29) is 6.54 Å². The number of likely N-dealkylation sites (N-methyl/N-ethyl adjacent to an activating group) is 1. The molecule has 0 amide bonds. The first-order valence-electron chi connectivity index (χ1n) is 4.15. The summed E-state index contributed by atoms with van der Waals surface area (Å²) in [5.41, 5.74) is 0.843. The third-order valence-corrected chi connectivity index (χ3v) is 1.67. The fourth-order valence-electron chi connectivity index (χ4n) is 1.05. The predicted octanol–water partition coefficient (Wildman–Crippen LogP) is 0.910. The Morgan fingerprint density at radius 1 is 1.62 bits per heavy atom. The molecule has 0 aliphatic carbocycles. The maximum atomic E-state index is 11.9. The number of nitrogens with one attached hydrogen (secondary N) is 1. The van der Waals surface area contributed by atoms with Gasteiger partial charge in [-0.15, -0.1) is 0 Å². The van der Waals surface area contributed by atoms with Crippen molar-refractivity contribution in [1.29, 1.82) is 0 Å². The lowest BCUT2D eigenvalue weighted by molar-refractivity contribution is 0.126. The van der Waals surface area contributed by atoms with Crippen LogP contribution in [0.2, 0.25) is 0 Å². The van der Waals surface area contributed by atoms with E-state index in [4.69, 9.17) is 0 Å². The van der Waals surface area contributed by atoms with Crippen LogP contribution >= 0.6 is 0 Å². The summed E-state index contributed by atoms with van der Waals surface area (Å²) in [6.07, 6.45) is 1.55. The van der Waals surface area contributed by atoms with Crippen molar-refractivity contribution in [2.24, 2.45) is 0 Å². The Kier molecular flexibility index (Phi) is 3.82. The molecule has 0 fully saturated rings. The van der Waals surface area contributed by atoms with Crippen LogP contribution in [-0.4, -0.2) is 29.6 Å². The highest BCUT2D eigenvalue weighted by molar-refractivity contribution is 4.97. The largest absolute Gasteiger partial charge is 0.331 e. The summed E-state index contributed by atoms with van der Waals surface area (Å²) in [5, 5.41) is 2.97. The van der Waals surface area contributed by atoms with Gasteiger partial charge in [-0.3, -0.25) is 0 Å². The van der Waals surface area contributed by atoms with Crippen molar-refractivity contribution in [2.75, 3.05) is 13.6 Å². The van der Waals surface area contributed by atoms with Gasteiger partial charge >= 0.3 is 0 Å². The van der Waals surface area contributed by atoms with Crippen LogP contribution < -0.4 is 5.32 Å². The minimum Gasteiger partial charge on any atom is -0.331 e. The summed E-state index contributed by atoms with van der Waals surface area (Å²) in [6.45, 7) is 0.540. The van der Waals surface area contributed by atoms with E-state index in [1.165, 1.54) is 10.9 Å². The maximum absolute atomic E-state index is 11.9. The Bertz CT molecular complexity index is 247. The number of imidazole rings is 1. The third-order valence-electron chi connectivity index (χ3n) is 1.67. The molecule has 0 saturated heterocycles. The van der Waals surface area contributed by atoms with Crippen molar-refractivity contribution in [2.45, 2.75) is 19.4 Å². The summed E-state index contributed by atoms with van der Waals surface area (Å²) in [6, 6.07) is 0. The van der Waals surface area contributed by atoms with E-state index in [1.54, 1.807) is 6.20 Å². The van der Waals surface area contributed by atoms with Gasteiger partial charge in [-0.05, 0) is 7.05 Å². The zero-order valence-electron chi connectivity index (χ0n) is 7.50. The van der Waals surface area contributed by atoms with Gasteiger partial charge in [0.25, 0.3) is 6.43 Å². The molecule has 0 aliphatic rings. The van der Waals surface area contributed by atoms with Crippen molar-refractivity contribution in [3.63, 3.8) is 0 Å². The molecule has 0 bridgehead atoms. The first-order valence-corrected chi connectivity index (χ1v) is 4.15. The van der Waals surface area contributed by atoms with Gasteiger partial charge in [-0.1, -0.05) is 0 Å². The van der Waals surface area contributed by atoms with Gasteiger partial charge in [-0.2, -0.15) is 0 Å². The smallest absolute Gasteiger partial charge is 0.256 e. The number of nitrogens with zero attached hydrogens (tertiary/aromatic N) is 2. The highest BCUT2D eigenvalue weighted by atomic mass is 19.3. The Balaban J connectivity index is 2.44. The number of alkyl halides is 2. The molecule has 0 atom stereocenters. The van der Waals surface area contributed by atoms with Crippen LogP contribution in [0, 0.1) is 0 Å². The quantitative estimate of drug-likeness (QED) is 0.746. The molecular formula is C8H13F2N3. The Labute approximate surface area is 75.8 Å². The summed E-state index contributed by atoms with van der Waals surface area (Å²) in [7, 11) is 1.84. The molecule has 0 aromatic carbocycles. The fourth-order valence-corrected chi connectivity index (χ4v) is 1.05. The Morgan fingerprint density at radius 2 is 2.38 bits per heavy atom. The van der Waals surface area contributed by atoms with Crippen LogP contribution in [0.4, 0.5) is 8.78 Å². The van der Waals surface area contributed by atoms with Crippen molar-refractivity contribution in [3.05, 3.63) is 18.2 Å². The first-order chi connectivity index (χ1) is 6.22. The molecule has 0 unspecified atom stereocenters. The zero-order valence-corrected chi connectivity index (χ0v) is 7.50. The monoisotopic (exact) mass is 189 g/mol. The van der Waals surface area contributed by atoms with Gasteiger partial charge in [0.05, 0.1) is 18.6 Å². The van der Waals surface area contributed by atoms with Gasteiger partial charge in [0.1, 0.15) is 0 Å². The van der Waals surface area contributed by atoms with Crippen molar-refractivity contribution in [1.82, 2.24) is 14.9 Å². The Morgan fingerprint density at radius 3 is 3.00 bits per heavy atom. The fraction of sp³-hybridized carbons (Fsp3) is 0.625. The SMILES string of the molecule is CNCCc1cn(CC(F)F)cn1. The topological polar surface area (TPSA) is 29.9 Å². The number of rotatable bonds is 5. The lowest BCUT2D eigenvalue weighted by Crippen LogP contribution is -2.10. The van der Waals surface area contributed by atoms with Crippen LogP contribution in [0.3, 0.4) is 0 Å². The molecule has 0 spiro atoms. The summed E-state index contributed by atoms with van der Waals surface area (Å²) in [4.78, 5) is 4.00. The molecule has 1 N–H and O–H groups in total. The lowest BCUT2D eigenvalue weighted by atomic mass is 10.3. The molecule has 0 saturated carbocycles. The molecule has 13 heavy (non-hydrogen) atoms. The number of aromatic nitrogens is 2. The van der Waals surface area contributed by atoms with Gasteiger partial charge in [0.15, 0.2) is 0 Å². The van der Waals surface area contributed by atoms with E-state index in [1.807, 2.05) is 7.05 Å². The second-order valence-electron chi connectivity index (χ2n) is 2.81. The normalized spacial score (nSPS) is 11.1. The second-order valence-corrected chi connectivity index (χ2v) is 2.81. The maximum Gasteiger partial charge on any atom is 0.256 e. The molecule has 3 nitrogen and oxygen atoms in total. The summed E-state index contributed by atoms with van der Waals surface area (Å²) in [5.74, 6) is 0.